The molecule has 1 heterocycles. The molecule has 0 unspecified atom stereocenters. The summed E-state index contributed by atoms with van der Waals surface area (Å²) < 4.78 is 36.1. The van der Waals surface area contributed by atoms with Gasteiger partial charge >= 0.3 is 6.18 Å². The molecule has 1 aliphatic heterocycles. The Morgan fingerprint density at radius 1 is 1.27 bits per heavy atom. The Bertz CT molecular complexity index is 179. The number of piperidine rings is 1. The third-order valence-electron chi connectivity index (χ3n) is 2.54. The predicted octanol–water partition coefficient (Wildman–Crippen LogP) is 0.595. The van der Waals surface area contributed by atoms with Crippen molar-refractivity contribution < 1.29 is 18.3 Å². The Balaban J connectivity index is 2.18. The van der Waals surface area contributed by atoms with E-state index < -0.39 is 12.7 Å². The Morgan fingerprint density at radius 2 is 1.87 bits per heavy atom. The summed E-state index contributed by atoms with van der Waals surface area (Å²) in [6, 6.07) is 0.252. The highest BCUT2D eigenvalue weighted by molar-refractivity contribution is 4.78. The average Bonchev–Trinajstić information content (AvgIpc) is 2.14. The molecule has 0 saturated carbocycles. The van der Waals surface area contributed by atoms with Gasteiger partial charge in [-0.15, -0.1) is 0 Å². The van der Waals surface area contributed by atoms with Gasteiger partial charge in [0, 0.05) is 12.6 Å². The molecule has 90 valence electrons. The van der Waals surface area contributed by atoms with Crippen LogP contribution in [0.1, 0.15) is 12.8 Å². The average molecular weight is 226 g/mol. The summed E-state index contributed by atoms with van der Waals surface area (Å²) in [6.45, 7) is 0.734. The van der Waals surface area contributed by atoms with Crippen LogP contribution in [0.2, 0.25) is 0 Å². The molecule has 0 aromatic carbocycles. The number of hydrogen-bond donors (Lipinski definition) is 2. The van der Waals surface area contributed by atoms with E-state index in [4.69, 9.17) is 5.11 Å². The highest BCUT2D eigenvalue weighted by Crippen LogP contribution is 2.19. The molecule has 0 bridgehead atoms. The van der Waals surface area contributed by atoms with Crippen molar-refractivity contribution in [2.75, 3.05) is 32.8 Å². The molecule has 3 nitrogen and oxygen atoms in total. The number of likely N-dealkylation sites (tertiary alicyclic amines) is 1. The molecule has 1 fully saturated rings. The van der Waals surface area contributed by atoms with E-state index in [0.29, 0.717) is 19.6 Å². The first-order chi connectivity index (χ1) is 7.01. The Hall–Kier alpha value is -0.330. The van der Waals surface area contributed by atoms with Gasteiger partial charge in [-0.2, -0.15) is 13.2 Å². The van der Waals surface area contributed by atoms with E-state index in [1.54, 1.807) is 0 Å². The Labute approximate surface area is 87.3 Å². The SMILES string of the molecule is OCCNC1CCN(CC(F)(F)F)CC1. The molecule has 1 rings (SSSR count). The van der Waals surface area contributed by atoms with E-state index in [-0.39, 0.29) is 12.6 Å². The molecule has 6 heteroatoms. The van der Waals surface area contributed by atoms with Crippen LogP contribution in [0.3, 0.4) is 0 Å². The van der Waals surface area contributed by atoms with Gasteiger partial charge in [-0.25, -0.2) is 0 Å². The zero-order valence-corrected chi connectivity index (χ0v) is 8.56. The van der Waals surface area contributed by atoms with Crippen LogP contribution in [0, 0.1) is 0 Å². The lowest BCUT2D eigenvalue weighted by Crippen LogP contribution is -2.46. The lowest BCUT2D eigenvalue weighted by atomic mass is 10.1. The molecular weight excluding hydrogens is 209 g/mol. The zero-order chi connectivity index (χ0) is 11.3. The van der Waals surface area contributed by atoms with Gasteiger partial charge in [-0.1, -0.05) is 0 Å². The first-order valence-electron chi connectivity index (χ1n) is 5.14. The van der Waals surface area contributed by atoms with Crippen LogP contribution >= 0.6 is 0 Å². The van der Waals surface area contributed by atoms with Gasteiger partial charge in [0.15, 0.2) is 0 Å². The number of aliphatic hydroxyl groups is 1. The standard InChI is InChI=1S/C9H17F3N2O/c10-9(11,12)7-14-4-1-8(2-5-14)13-3-6-15/h8,13,15H,1-7H2. The highest BCUT2D eigenvalue weighted by atomic mass is 19.4. The van der Waals surface area contributed by atoms with Gasteiger partial charge in [0.1, 0.15) is 0 Å². The van der Waals surface area contributed by atoms with E-state index in [1.807, 2.05) is 0 Å². The van der Waals surface area contributed by atoms with E-state index in [2.05, 4.69) is 5.32 Å². The van der Waals surface area contributed by atoms with Crippen LogP contribution in [0.15, 0.2) is 0 Å². The number of nitrogens with one attached hydrogen (secondary N) is 1. The molecule has 0 radical (unpaired) electrons. The highest BCUT2D eigenvalue weighted by Gasteiger charge is 2.32. The summed E-state index contributed by atoms with van der Waals surface area (Å²) >= 11 is 0. The summed E-state index contributed by atoms with van der Waals surface area (Å²) in [5, 5.41) is 11.7. The minimum absolute atomic E-state index is 0.0722. The first kappa shape index (κ1) is 12.7. The molecule has 0 aromatic heterocycles. The molecule has 1 aliphatic rings. The molecule has 0 amide bonds. The summed E-state index contributed by atoms with van der Waals surface area (Å²) in [6.07, 6.45) is -2.66. The molecular formula is C9H17F3N2O. The normalized spacial score (nSPS) is 20.8. The van der Waals surface area contributed by atoms with Gasteiger partial charge < -0.3 is 10.4 Å². The van der Waals surface area contributed by atoms with Crippen LogP contribution in [0.25, 0.3) is 0 Å². The van der Waals surface area contributed by atoms with Crippen LogP contribution in [-0.4, -0.2) is 55.0 Å². The second kappa shape index (κ2) is 5.67. The van der Waals surface area contributed by atoms with Gasteiger partial charge in [0.05, 0.1) is 13.2 Å². The monoisotopic (exact) mass is 226 g/mol. The fourth-order valence-electron chi connectivity index (χ4n) is 1.82. The number of alkyl halides is 3. The Kier molecular flexibility index (Phi) is 4.82. The molecule has 0 aromatic rings. The number of hydrogen-bond acceptors (Lipinski definition) is 3. The van der Waals surface area contributed by atoms with Crippen LogP contribution in [-0.2, 0) is 0 Å². The van der Waals surface area contributed by atoms with Gasteiger partial charge in [0.2, 0.25) is 0 Å². The molecule has 0 atom stereocenters. The lowest BCUT2D eigenvalue weighted by Gasteiger charge is -2.32. The van der Waals surface area contributed by atoms with E-state index in [9.17, 15) is 13.2 Å². The molecule has 2 N–H and O–H groups in total. The maximum Gasteiger partial charge on any atom is 0.401 e. The summed E-state index contributed by atoms with van der Waals surface area (Å²) in [5.74, 6) is 0. The van der Waals surface area contributed by atoms with Gasteiger partial charge in [0.25, 0.3) is 0 Å². The smallest absolute Gasteiger partial charge is 0.395 e. The van der Waals surface area contributed by atoms with Gasteiger partial charge in [-0.05, 0) is 25.9 Å². The van der Waals surface area contributed by atoms with Crippen LogP contribution < -0.4 is 5.32 Å². The quantitative estimate of drug-likeness (QED) is 0.736. The predicted molar refractivity (Wildman–Crippen MR) is 50.6 cm³/mol. The molecule has 0 spiro atoms. The minimum Gasteiger partial charge on any atom is -0.395 e. The van der Waals surface area contributed by atoms with Crippen molar-refractivity contribution in [3.05, 3.63) is 0 Å². The Morgan fingerprint density at radius 3 is 2.33 bits per heavy atom. The summed E-state index contributed by atoms with van der Waals surface area (Å²) in [7, 11) is 0. The van der Waals surface area contributed by atoms with E-state index in [0.717, 1.165) is 12.8 Å². The second-order valence-corrected chi connectivity index (χ2v) is 3.84. The van der Waals surface area contributed by atoms with Crippen molar-refractivity contribution >= 4 is 0 Å². The lowest BCUT2D eigenvalue weighted by molar-refractivity contribution is -0.148. The second-order valence-electron chi connectivity index (χ2n) is 3.84. The summed E-state index contributed by atoms with van der Waals surface area (Å²) in [5.41, 5.74) is 0. The van der Waals surface area contributed by atoms with E-state index in [1.165, 1.54) is 4.90 Å². The van der Waals surface area contributed by atoms with Crippen molar-refractivity contribution in [1.82, 2.24) is 10.2 Å². The van der Waals surface area contributed by atoms with Gasteiger partial charge in [-0.3, -0.25) is 4.90 Å². The van der Waals surface area contributed by atoms with Crippen molar-refractivity contribution in [3.8, 4) is 0 Å². The number of halogens is 3. The van der Waals surface area contributed by atoms with Crippen molar-refractivity contribution in [2.45, 2.75) is 25.1 Å². The number of aliphatic hydroxyl groups excluding tert-OH is 1. The fraction of sp³-hybridized carbons (Fsp3) is 1.00. The topological polar surface area (TPSA) is 35.5 Å². The van der Waals surface area contributed by atoms with Crippen molar-refractivity contribution in [3.63, 3.8) is 0 Å². The molecule has 15 heavy (non-hydrogen) atoms. The third-order valence-corrected chi connectivity index (χ3v) is 2.54. The van der Waals surface area contributed by atoms with Crippen molar-refractivity contribution in [1.29, 1.82) is 0 Å². The van der Waals surface area contributed by atoms with E-state index >= 15 is 0 Å². The molecule has 0 aliphatic carbocycles. The van der Waals surface area contributed by atoms with Crippen molar-refractivity contribution in [2.24, 2.45) is 0 Å². The largest absolute Gasteiger partial charge is 0.401 e. The van der Waals surface area contributed by atoms with Crippen LogP contribution in [0.4, 0.5) is 13.2 Å². The molecule has 1 saturated heterocycles. The summed E-state index contributed by atoms with van der Waals surface area (Å²) in [4.78, 5) is 1.43. The number of nitrogens with zero attached hydrogens (tertiary/aromatic N) is 1. The fourth-order valence-corrected chi connectivity index (χ4v) is 1.82. The zero-order valence-electron chi connectivity index (χ0n) is 8.56. The maximum absolute atomic E-state index is 12.0. The number of rotatable bonds is 4. The third kappa shape index (κ3) is 5.34. The first-order valence-corrected chi connectivity index (χ1v) is 5.14. The maximum atomic E-state index is 12.0. The minimum atomic E-state index is -4.09. The van der Waals surface area contributed by atoms with Crippen LogP contribution in [0.5, 0.6) is 0 Å².